The van der Waals surface area contributed by atoms with E-state index in [0.29, 0.717) is 11.8 Å². The average Bonchev–Trinajstić information content (AvgIpc) is 2.53. The van der Waals surface area contributed by atoms with Gasteiger partial charge in [0.2, 0.25) is 0 Å². The van der Waals surface area contributed by atoms with Crippen LogP contribution in [-0.4, -0.2) is 9.97 Å². The highest BCUT2D eigenvalue weighted by Crippen LogP contribution is 2.25. The molecule has 2 aromatic rings. The molecule has 20 heavy (non-hydrogen) atoms. The minimum absolute atomic E-state index is 0.564. The van der Waals surface area contributed by atoms with Gasteiger partial charge in [0.15, 0.2) is 0 Å². The van der Waals surface area contributed by atoms with E-state index in [1.54, 1.807) is 0 Å². The lowest BCUT2D eigenvalue weighted by molar-refractivity contribution is 0.730. The van der Waals surface area contributed by atoms with E-state index < -0.39 is 0 Å². The lowest BCUT2D eigenvalue weighted by atomic mass is 9.96. The SMILES string of the molecule is CCC(C)c1ccnc(-c2cc(C(C)CC)ccn2)c1. The summed E-state index contributed by atoms with van der Waals surface area (Å²) in [6.07, 6.45) is 6.08. The smallest absolute Gasteiger partial charge is 0.0889 e. The number of rotatable bonds is 5. The van der Waals surface area contributed by atoms with E-state index in [4.69, 9.17) is 0 Å². The zero-order chi connectivity index (χ0) is 14.5. The maximum atomic E-state index is 4.49. The van der Waals surface area contributed by atoms with Crippen LogP contribution in [0.25, 0.3) is 11.4 Å². The fourth-order valence-electron chi connectivity index (χ4n) is 2.26. The molecule has 0 aromatic carbocycles. The zero-order valence-corrected chi connectivity index (χ0v) is 12.9. The van der Waals surface area contributed by atoms with Crippen LogP contribution in [0.3, 0.4) is 0 Å². The van der Waals surface area contributed by atoms with Crippen LogP contribution in [0.4, 0.5) is 0 Å². The number of aromatic nitrogens is 2. The molecule has 2 aromatic heterocycles. The molecule has 0 radical (unpaired) electrons. The second-order valence-corrected chi connectivity index (χ2v) is 5.57. The van der Waals surface area contributed by atoms with Gasteiger partial charge in [-0.15, -0.1) is 0 Å². The molecule has 2 heteroatoms. The van der Waals surface area contributed by atoms with E-state index in [-0.39, 0.29) is 0 Å². The third-order valence-electron chi connectivity index (χ3n) is 4.19. The molecule has 0 aliphatic carbocycles. The Hall–Kier alpha value is -1.70. The molecule has 0 aliphatic heterocycles. The van der Waals surface area contributed by atoms with Gasteiger partial charge >= 0.3 is 0 Å². The Kier molecular flexibility index (Phi) is 4.89. The first-order chi connectivity index (χ1) is 9.65. The Morgan fingerprint density at radius 1 is 0.800 bits per heavy atom. The summed E-state index contributed by atoms with van der Waals surface area (Å²) in [5.74, 6) is 1.13. The van der Waals surface area contributed by atoms with Gasteiger partial charge in [-0.3, -0.25) is 9.97 Å². The molecule has 2 heterocycles. The highest BCUT2D eigenvalue weighted by atomic mass is 14.8. The summed E-state index contributed by atoms with van der Waals surface area (Å²) in [6, 6.07) is 8.57. The quantitative estimate of drug-likeness (QED) is 0.747. The van der Waals surface area contributed by atoms with Crippen molar-refractivity contribution in [2.45, 2.75) is 52.4 Å². The van der Waals surface area contributed by atoms with Crippen molar-refractivity contribution in [3.8, 4) is 11.4 Å². The van der Waals surface area contributed by atoms with Gasteiger partial charge in [0.1, 0.15) is 0 Å². The topological polar surface area (TPSA) is 25.8 Å². The van der Waals surface area contributed by atoms with Gasteiger partial charge < -0.3 is 0 Å². The molecule has 0 N–H and O–H groups in total. The third-order valence-corrected chi connectivity index (χ3v) is 4.19. The van der Waals surface area contributed by atoms with E-state index in [0.717, 1.165) is 24.2 Å². The Bertz CT molecular complexity index is 511. The summed E-state index contributed by atoms with van der Waals surface area (Å²) in [4.78, 5) is 8.98. The number of hydrogen-bond donors (Lipinski definition) is 0. The molecule has 0 amide bonds. The van der Waals surface area contributed by atoms with Crippen LogP contribution in [0, 0.1) is 0 Å². The normalized spacial score (nSPS) is 14.0. The van der Waals surface area contributed by atoms with Crippen LogP contribution in [0.2, 0.25) is 0 Å². The molecule has 2 rings (SSSR count). The standard InChI is InChI=1S/C18H24N2/c1-5-13(3)15-7-9-19-17(11-15)18-12-16(8-10-20-18)14(4)6-2/h7-14H,5-6H2,1-4H3. The maximum absolute atomic E-state index is 4.49. The average molecular weight is 268 g/mol. The van der Waals surface area contributed by atoms with E-state index in [9.17, 15) is 0 Å². The Morgan fingerprint density at radius 3 is 1.55 bits per heavy atom. The monoisotopic (exact) mass is 268 g/mol. The van der Waals surface area contributed by atoms with Gasteiger partial charge in [-0.25, -0.2) is 0 Å². The van der Waals surface area contributed by atoms with Crippen molar-refractivity contribution in [3.63, 3.8) is 0 Å². The fraction of sp³-hybridized carbons (Fsp3) is 0.444. The Labute approximate surface area is 122 Å². The van der Waals surface area contributed by atoms with E-state index in [1.807, 2.05) is 12.4 Å². The molecule has 2 unspecified atom stereocenters. The highest BCUT2D eigenvalue weighted by Gasteiger charge is 2.09. The summed E-state index contributed by atoms with van der Waals surface area (Å²) in [5.41, 5.74) is 4.64. The first-order valence-corrected chi connectivity index (χ1v) is 7.58. The van der Waals surface area contributed by atoms with Crippen molar-refractivity contribution in [3.05, 3.63) is 47.8 Å². The molecular formula is C18H24N2. The lowest BCUT2D eigenvalue weighted by Crippen LogP contribution is -1.97. The number of hydrogen-bond acceptors (Lipinski definition) is 2. The third kappa shape index (κ3) is 3.24. The Morgan fingerprint density at radius 2 is 1.20 bits per heavy atom. The molecule has 0 spiro atoms. The maximum Gasteiger partial charge on any atom is 0.0889 e. The number of nitrogens with zero attached hydrogens (tertiary/aromatic N) is 2. The van der Waals surface area contributed by atoms with Gasteiger partial charge in [-0.05, 0) is 60.1 Å². The molecule has 2 nitrogen and oxygen atoms in total. The molecular weight excluding hydrogens is 244 g/mol. The molecule has 2 atom stereocenters. The van der Waals surface area contributed by atoms with Crippen LogP contribution < -0.4 is 0 Å². The summed E-state index contributed by atoms with van der Waals surface area (Å²) in [6.45, 7) is 8.93. The first kappa shape index (κ1) is 14.7. The van der Waals surface area contributed by atoms with Crippen molar-refractivity contribution in [2.24, 2.45) is 0 Å². The molecule has 0 saturated carbocycles. The van der Waals surface area contributed by atoms with Crippen LogP contribution in [0.1, 0.15) is 63.5 Å². The van der Waals surface area contributed by atoms with Gasteiger partial charge in [-0.2, -0.15) is 0 Å². The van der Waals surface area contributed by atoms with Crippen molar-refractivity contribution < 1.29 is 0 Å². The molecule has 0 aliphatic rings. The second-order valence-electron chi connectivity index (χ2n) is 5.57. The van der Waals surface area contributed by atoms with Crippen molar-refractivity contribution in [2.75, 3.05) is 0 Å². The summed E-state index contributed by atoms with van der Waals surface area (Å²) < 4.78 is 0. The fourth-order valence-corrected chi connectivity index (χ4v) is 2.26. The Balaban J connectivity index is 2.36. The van der Waals surface area contributed by atoms with Crippen LogP contribution >= 0.6 is 0 Å². The first-order valence-electron chi connectivity index (χ1n) is 7.58. The van der Waals surface area contributed by atoms with Crippen LogP contribution in [0.5, 0.6) is 0 Å². The molecule has 0 saturated heterocycles. The summed E-state index contributed by atoms with van der Waals surface area (Å²) in [7, 11) is 0. The van der Waals surface area contributed by atoms with Gasteiger partial charge in [-0.1, -0.05) is 27.7 Å². The molecule has 0 bridgehead atoms. The van der Waals surface area contributed by atoms with Gasteiger partial charge in [0.05, 0.1) is 11.4 Å². The summed E-state index contributed by atoms with van der Waals surface area (Å²) >= 11 is 0. The van der Waals surface area contributed by atoms with Gasteiger partial charge in [0.25, 0.3) is 0 Å². The summed E-state index contributed by atoms with van der Waals surface area (Å²) in [5, 5.41) is 0. The highest BCUT2D eigenvalue weighted by molar-refractivity contribution is 5.56. The minimum Gasteiger partial charge on any atom is -0.255 e. The van der Waals surface area contributed by atoms with Crippen molar-refractivity contribution >= 4 is 0 Å². The van der Waals surface area contributed by atoms with E-state index >= 15 is 0 Å². The predicted molar refractivity (Wildman–Crippen MR) is 84.9 cm³/mol. The molecule has 0 fully saturated rings. The lowest BCUT2D eigenvalue weighted by Gasteiger charge is -2.12. The van der Waals surface area contributed by atoms with Crippen LogP contribution in [0.15, 0.2) is 36.7 Å². The molecule has 106 valence electrons. The van der Waals surface area contributed by atoms with E-state index in [1.165, 1.54) is 11.1 Å². The van der Waals surface area contributed by atoms with Crippen molar-refractivity contribution in [1.82, 2.24) is 9.97 Å². The van der Waals surface area contributed by atoms with Crippen molar-refractivity contribution in [1.29, 1.82) is 0 Å². The van der Waals surface area contributed by atoms with E-state index in [2.05, 4.69) is 61.9 Å². The zero-order valence-electron chi connectivity index (χ0n) is 12.9. The van der Waals surface area contributed by atoms with Crippen LogP contribution in [-0.2, 0) is 0 Å². The minimum atomic E-state index is 0.564. The van der Waals surface area contributed by atoms with Gasteiger partial charge in [0, 0.05) is 12.4 Å². The predicted octanol–water partition coefficient (Wildman–Crippen LogP) is 5.17. The second kappa shape index (κ2) is 6.65. The number of pyridine rings is 2. The largest absolute Gasteiger partial charge is 0.255 e.